The predicted molar refractivity (Wildman–Crippen MR) is 103 cm³/mol. The minimum absolute atomic E-state index is 0.00366. The number of rotatable bonds is 8. The van der Waals surface area contributed by atoms with Gasteiger partial charge in [-0.1, -0.05) is 29.8 Å². The normalized spacial score (nSPS) is 10.8. The minimum atomic E-state index is -3.89. The number of sulfonamides is 1. The van der Waals surface area contributed by atoms with E-state index in [1.807, 2.05) is 6.92 Å². The summed E-state index contributed by atoms with van der Waals surface area (Å²) in [5.74, 6) is -2.28. The number of amides is 2. The molecule has 2 aromatic rings. The second-order valence-corrected chi connectivity index (χ2v) is 7.64. The van der Waals surface area contributed by atoms with Crippen molar-refractivity contribution < 1.29 is 32.3 Å². The van der Waals surface area contributed by atoms with Gasteiger partial charge < -0.3 is 9.47 Å². The van der Waals surface area contributed by atoms with E-state index in [2.05, 4.69) is 14.8 Å². The molecule has 10 heteroatoms. The highest BCUT2D eigenvalue weighted by molar-refractivity contribution is 7.89. The van der Waals surface area contributed by atoms with Crippen LogP contribution in [-0.2, 0) is 24.3 Å². The van der Waals surface area contributed by atoms with Crippen LogP contribution in [0.15, 0.2) is 53.4 Å². The van der Waals surface area contributed by atoms with Crippen LogP contribution >= 0.6 is 0 Å². The molecular weight excluding hydrogens is 400 g/mol. The smallest absolute Gasteiger partial charge is 0.321 e. The average molecular weight is 420 g/mol. The highest BCUT2D eigenvalue weighted by Gasteiger charge is 2.18. The van der Waals surface area contributed by atoms with E-state index in [9.17, 15) is 22.8 Å². The van der Waals surface area contributed by atoms with E-state index in [1.165, 1.54) is 25.3 Å². The zero-order valence-corrected chi connectivity index (χ0v) is 16.6. The van der Waals surface area contributed by atoms with Gasteiger partial charge in [0.15, 0.2) is 6.61 Å². The molecule has 0 aliphatic carbocycles. The lowest BCUT2D eigenvalue weighted by molar-refractivity contribution is -0.147. The summed E-state index contributed by atoms with van der Waals surface area (Å²) in [5.41, 5.74) is 1.03. The zero-order valence-electron chi connectivity index (χ0n) is 15.8. The molecule has 29 heavy (non-hydrogen) atoms. The first-order valence-electron chi connectivity index (χ1n) is 8.42. The maximum absolute atomic E-state index is 12.1. The van der Waals surface area contributed by atoms with Gasteiger partial charge in [0.2, 0.25) is 10.0 Å². The van der Waals surface area contributed by atoms with E-state index in [0.29, 0.717) is 0 Å². The van der Waals surface area contributed by atoms with Gasteiger partial charge >= 0.3 is 5.97 Å². The van der Waals surface area contributed by atoms with Crippen molar-refractivity contribution in [2.75, 3.05) is 20.3 Å². The van der Waals surface area contributed by atoms with E-state index in [-0.39, 0.29) is 16.2 Å². The third kappa shape index (κ3) is 6.40. The fourth-order valence-electron chi connectivity index (χ4n) is 2.21. The second kappa shape index (κ2) is 9.80. The summed E-state index contributed by atoms with van der Waals surface area (Å²) in [7, 11) is -2.51. The Morgan fingerprint density at radius 1 is 1.00 bits per heavy atom. The van der Waals surface area contributed by atoms with Crippen LogP contribution in [0.4, 0.5) is 0 Å². The van der Waals surface area contributed by atoms with Gasteiger partial charge in [0.25, 0.3) is 11.8 Å². The number of aryl methyl sites for hydroxylation is 1. The van der Waals surface area contributed by atoms with Crippen LogP contribution < -0.4 is 14.8 Å². The first-order chi connectivity index (χ1) is 13.7. The summed E-state index contributed by atoms with van der Waals surface area (Å²) in [5, 5.41) is 2.06. The van der Waals surface area contributed by atoms with Crippen molar-refractivity contribution in [2.45, 2.75) is 11.8 Å². The number of nitrogens with one attached hydrogen (secondary N) is 2. The Balaban J connectivity index is 1.82. The largest absolute Gasteiger partial charge is 0.496 e. The molecule has 0 saturated heterocycles. The van der Waals surface area contributed by atoms with Gasteiger partial charge in [0, 0.05) is 0 Å². The number of methoxy groups -OCH3 is 1. The van der Waals surface area contributed by atoms with Gasteiger partial charge in [-0.25, -0.2) is 8.42 Å². The van der Waals surface area contributed by atoms with Crippen molar-refractivity contribution in [3.05, 3.63) is 59.7 Å². The summed E-state index contributed by atoms with van der Waals surface area (Å²) < 4.78 is 36.0. The van der Waals surface area contributed by atoms with Crippen LogP contribution in [0.2, 0.25) is 0 Å². The highest BCUT2D eigenvalue weighted by Crippen LogP contribution is 2.16. The summed E-state index contributed by atoms with van der Waals surface area (Å²) in [6, 6.07) is 12.3. The standard InChI is InChI=1S/C19H20N2O7S/c1-13-7-9-14(10-8-13)29(25,26)20-11-18(23)28-12-17(22)21-19(24)15-5-3-4-6-16(15)27-2/h3-10,20H,11-12H2,1-2H3,(H,21,22,24). The van der Waals surface area contributed by atoms with Crippen molar-refractivity contribution in [1.29, 1.82) is 0 Å². The number of hydrogen-bond donors (Lipinski definition) is 2. The molecule has 154 valence electrons. The third-order valence-electron chi connectivity index (χ3n) is 3.71. The molecule has 0 spiro atoms. The predicted octanol–water partition coefficient (Wildman–Crippen LogP) is 0.782. The van der Waals surface area contributed by atoms with Gasteiger partial charge in [-0.3, -0.25) is 19.7 Å². The van der Waals surface area contributed by atoms with E-state index >= 15 is 0 Å². The van der Waals surface area contributed by atoms with E-state index in [0.717, 1.165) is 5.56 Å². The Hall–Kier alpha value is -3.24. The molecule has 9 nitrogen and oxygen atoms in total. The van der Waals surface area contributed by atoms with Crippen LogP contribution in [0.25, 0.3) is 0 Å². The van der Waals surface area contributed by atoms with Crippen LogP contribution in [0.5, 0.6) is 5.75 Å². The Bertz CT molecular complexity index is 1000. The molecule has 0 bridgehead atoms. The van der Waals surface area contributed by atoms with E-state index < -0.39 is 41.0 Å². The Morgan fingerprint density at radius 3 is 2.31 bits per heavy atom. The summed E-state index contributed by atoms with van der Waals surface area (Å²) in [6.45, 7) is 0.404. The Kier molecular flexibility index (Phi) is 7.46. The van der Waals surface area contributed by atoms with Crippen molar-refractivity contribution in [1.82, 2.24) is 10.0 Å². The van der Waals surface area contributed by atoms with Crippen LogP contribution in [0.1, 0.15) is 15.9 Å². The lowest BCUT2D eigenvalue weighted by Crippen LogP contribution is -2.36. The topological polar surface area (TPSA) is 128 Å². The molecule has 0 radical (unpaired) electrons. The van der Waals surface area contributed by atoms with Gasteiger partial charge in [0.05, 0.1) is 17.6 Å². The maximum Gasteiger partial charge on any atom is 0.321 e. The molecule has 2 aromatic carbocycles. The van der Waals surface area contributed by atoms with Crippen molar-refractivity contribution in [2.24, 2.45) is 0 Å². The van der Waals surface area contributed by atoms with E-state index in [1.54, 1.807) is 30.3 Å². The molecule has 0 unspecified atom stereocenters. The Morgan fingerprint density at radius 2 is 1.66 bits per heavy atom. The fourth-order valence-corrected chi connectivity index (χ4v) is 3.18. The molecule has 0 atom stereocenters. The molecule has 0 aromatic heterocycles. The van der Waals surface area contributed by atoms with Gasteiger partial charge in [-0.15, -0.1) is 0 Å². The number of carbonyl (C=O) groups is 3. The zero-order chi connectivity index (χ0) is 21.4. The molecule has 0 aliphatic heterocycles. The Labute approximate surface area is 168 Å². The second-order valence-electron chi connectivity index (χ2n) is 5.88. The quantitative estimate of drug-likeness (QED) is 0.604. The van der Waals surface area contributed by atoms with E-state index in [4.69, 9.17) is 4.74 Å². The number of ether oxygens (including phenoxy) is 2. The maximum atomic E-state index is 12.1. The van der Waals surface area contributed by atoms with Crippen molar-refractivity contribution in [3.63, 3.8) is 0 Å². The minimum Gasteiger partial charge on any atom is -0.496 e. The molecule has 0 saturated carbocycles. The summed E-state index contributed by atoms with van der Waals surface area (Å²) in [4.78, 5) is 35.6. The summed E-state index contributed by atoms with van der Waals surface area (Å²) in [6.07, 6.45) is 0. The van der Waals surface area contributed by atoms with Crippen molar-refractivity contribution >= 4 is 27.8 Å². The fraction of sp³-hybridized carbons (Fsp3) is 0.211. The lowest BCUT2D eigenvalue weighted by atomic mass is 10.2. The number of imide groups is 1. The highest BCUT2D eigenvalue weighted by atomic mass is 32.2. The number of carbonyl (C=O) groups excluding carboxylic acids is 3. The molecule has 0 aliphatic rings. The molecule has 2 rings (SSSR count). The summed E-state index contributed by atoms with van der Waals surface area (Å²) >= 11 is 0. The SMILES string of the molecule is COc1ccccc1C(=O)NC(=O)COC(=O)CNS(=O)(=O)c1ccc(C)cc1. The van der Waals surface area contributed by atoms with Gasteiger partial charge in [-0.05, 0) is 31.2 Å². The average Bonchev–Trinajstić information content (AvgIpc) is 2.71. The first kappa shape index (κ1) is 22.1. The number of esters is 1. The number of para-hydroxylation sites is 1. The first-order valence-corrected chi connectivity index (χ1v) is 9.90. The van der Waals surface area contributed by atoms with Crippen LogP contribution in [0.3, 0.4) is 0 Å². The number of hydrogen-bond acceptors (Lipinski definition) is 7. The molecule has 2 N–H and O–H groups in total. The molecule has 0 heterocycles. The number of benzene rings is 2. The van der Waals surface area contributed by atoms with Gasteiger partial charge in [0.1, 0.15) is 12.3 Å². The molecule has 0 fully saturated rings. The lowest BCUT2D eigenvalue weighted by Gasteiger charge is -2.09. The third-order valence-corrected chi connectivity index (χ3v) is 5.12. The van der Waals surface area contributed by atoms with Crippen LogP contribution in [0, 0.1) is 6.92 Å². The molecular formula is C19H20N2O7S. The van der Waals surface area contributed by atoms with Crippen LogP contribution in [-0.4, -0.2) is 46.5 Å². The van der Waals surface area contributed by atoms with Gasteiger partial charge in [-0.2, -0.15) is 4.72 Å². The molecule has 2 amide bonds. The van der Waals surface area contributed by atoms with Crippen molar-refractivity contribution in [3.8, 4) is 5.75 Å². The monoisotopic (exact) mass is 420 g/mol.